The quantitative estimate of drug-likeness (QED) is 0.819. The molecular formula is C15H23NO3. The Balaban J connectivity index is 2.33. The summed E-state index contributed by atoms with van der Waals surface area (Å²) < 4.78 is 10.7. The van der Waals surface area contributed by atoms with Gasteiger partial charge in [0, 0.05) is 6.04 Å². The van der Waals surface area contributed by atoms with Crippen molar-refractivity contribution in [3.05, 3.63) is 29.3 Å². The summed E-state index contributed by atoms with van der Waals surface area (Å²) >= 11 is 0. The molecular weight excluding hydrogens is 242 g/mol. The number of hydrogen-bond acceptors (Lipinski definition) is 4. The van der Waals surface area contributed by atoms with Crippen LogP contribution in [0, 0.1) is 5.41 Å². The van der Waals surface area contributed by atoms with Gasteiger partial charge in [-0.1, -0.05) is 19.1 Å². The first kappa shape index (κ1) is 14.3. The second-order valence-corrected chi connectivity index (χ2v) is 5.16. The van der Waals surface area contributed by atoms with Crippen molar-refractivity contribution in [2.45, 2.75) is 19.4 Å². The molecule has 1 atom stereocenters. The van der Waals surface area contributed by atoms with Crippen LogP contribution in [0.25, 0.3) is 0 Å². The van der Waals surface area contributed by atoms with Gasteiger partial charge in [0.15, 0.2) is 0 Å². The zero-order valence-corrected chi connectivity index (χ0v) is 11.9. The van der Waals surface area contributed by atoms with Crippen LogP contribution in [0.1, 0.15) is 24.1 Å². The summed E-state index contributed by atoms with van der Waals surface area (Å²) in [4.78, 5) is 0. The third-order valence-corrected chi connectivity index (χ3v) is 4.01. The predicted molar refractivity (Wildman–Crippen MR) is 74.5 cm³/mol. The number of rotatable bonds is 6. The molecule has 2 N–H and O–H groups in total. The van der Waals surface area contributed by atoms with E-state index >= 15 is 0 Å². The number of hydrogen-bond donors (Lipinski definition) is 2. The number of methoxy groups -OCH3 is 1. The largest absolute Gasteiger partial charge is 0.496 e. The molecule has 2 rings (SSSR count). The lowest BCUT2D eigenvalue weighted by Crippen LogP contribution is -2.53. The van der Waals surface area contributed by atoms with Crippen LogP contribution in [0.15, 0.2) is 18.2 Å². The topological polar surface area (TPSA) is 50.7 Å². The number of nitrogens with one attached hydrogen (secondary N) is 1. The minimum Gasteiger partial charge on any atom is -0.496 e. The standard InChI is InChI=1S/C15H23NO3/c1-4-11-7-12(5-6-13(11)18-3)14(16-2)15(8-17)9-19-10-15/h5-7,14,16-17H,4,8-10H2,1-3H3. The van der Waals surface area contributed by atoms with Crippen molar-refractivity contribution in [2.75, 3.05) is 34.0 Å². The Bertz CT molecular complexity index is 424. The molecule has 1 saturated heterocycles. The van der Waals surface area contributed by atoms with E-state index in [1.807, 2.05) is 13.1 Å². The fraction of sp³-hybridized carbons (Fsp3) is 0.600. The fourth-order valence-corrected chi connectivity index (χ4v) is 2.79. The molecule has 1 fully saturated rings. The van der Waals surface area contributed by atoms with E-state index in [1.165, 1.54) is 11.1 Å². The van der Waals surface area contributed by atoms with E-state index in [0.29, 0.717) is 13.2 Å². The van der Waals surface area contributed by atoms with Crippen molar-refractivity contribution in [3.63, 3.8) is 0 Å². The van der Waals surface area contributed by atoms with E-state index in [1.54, 1.807) is 7.11 Å². The van der Waals surface area contributed by atoms with Gasteiger partial charge in [-0.25, -0.2) is 0 Å². The van der Waals surface area contributed by atoms with E-state index in [0.717, 1.165) is 12.2 Å². The van der Waals surface area contributed by atoms with Crippen LogP contribution in [-0.2, 0) is 11.2 Å². The van der Waals surface area contributed by atoms with Crippen LogP contribution in [-0.4, -0.2) is 39.1 Å². The summed E-state index contributed by atoms with van der Waals surface area (Å²) in [6.45, 7) is 3.45. The van der Waals surface area contributed by atoms with Gasteiger partial charge in [0.1, 0.15) is 5.75 Å². The molecule has 0 saturated carbocycles. The molecule has 4 nitrogen and oxygen atoms in total. The SMILES string of the molecule is CCc1cc(C(NC)C2(CO)COC2)ccc1OC. The number of aliphatic hydroxyl groups is 1. The highest BCUT2D eigenvalue weighted by atomic mass is 16.5. The summed E-state index contributed by atoms with van der Waals surface area (Å²) in [5.41, 5.74) is 2.17. The first-order valence-electron chi connectivity index (χ1n) is 6.73. The molecule has 0 aromatic heterocycles. The number of aliphatic hydroxyl groups excluding tert-OH is 1. The van der Waals surface area contributed by atoms with Gasteiger partial charge in [0.05, 0.1) is 32.3 Å². The Labute approximate surface area is 114 Å². The zero-order valence-electron chi connectivity index (χ0n) is 11.9. The van der Waals surface area contributed by atoms with Crippen LogP contribution in [0.3, 0.4) is 0 Å². The van der Waals surface area contributed by atoms with E-state index in [4.69, 9.17) is 9.47 Å². The smallest absolute Gasteiger partial charge is 0.122 e. The van der Waals surface area contributed by atoms with Gasteiger partial charge >= 0.3 is 0 Å². The van der Waals surface area contributed by atoms with Crippen molar-refractivity contribution in [3.8, 4) is 5.75 Å². The maximum absolute atomic E-state index is 9.68. The van der Waals surface area contributed by atoms with Crippen molar-refractivity contribution < 1.29 is 14.6 Å². The highest BCUT2D eigenvalue weighted by Crippen LogP contribution is 2.41. The predicted octanol–water partition coefficient (Wildman–Crippen LogP) is 1.53. The van der Waals surface area contributed by atoms with Crippen molar-refractivity contribution in [1.29, 1.82) is 0 Å². The van der Waals surface area contributed by atoms with E-state index in [-0.39, 0.29) is 18.1 Å². The monoisotopic (exact) mass is 265 g/mol. The lowest BCUT2D eigenvalue weighted by Gasteiger charge is -2.46. The van der Waals surface area contributed by atoms with Crippen LogP contribution in [0.4, 0.5) is 0 Å². The molecule has 19 heavy (non-hydrogen) atoms. The Kier molecular flexibility index (Phi) is 4.45. The Morgan fingerprint density at radius 2 is 2.21 bits per heavy atom. The first-order valence-corrected chi connectivity index (χ1v) is 6.73. The molecule has 1 heterocycles. The molecule has 1 aliphatic heterocycles. The summed E-state index contributed by atoms with van der Waals surface area (Å²) in [5, 5.41) is 13.0. The molecule has 0 radical (unpaired) electrons. The van der Waals surface area contributed by atoms with E-state index in [9.17, 15) is 5.11 Å². The molecule has 106 valence electrons. The van der Waals surface area contributed by atoms with Crippen LogP contribution < -0.4 is 10.1 Å². The van der Waals surface area contributed by atoms with Crippen molar-refractivity contribution in [1.82, 2.24) is 5.32 Å². The van der Waals surface area contributed by atoms with E-state index in [2.05, 4.69) is 24.4 Å². The van der Waals surface area contributed by atoms with Crippen LogP contribution in [0.5, 0.6) is 5.75 Å². The van der Waals surface area contributed by atoms with Gasteiger partial charge in [-0.15, -0.1) is 0 Å². The van der Waals surface area contributed by atoms with E-state index < -0.39 is 0 Å². The van der Waals surface area contributed by atoms with Gasteiger partial charge in [-0.2, -0.15) is 0 Å². The third-order valence-electron chi connectivity index (χ3n) is 4.01. The third kappa shape index (κ3) is 2.48. The molecule has 0 bridgehead atoms. The number of aryl methyl sites for hydroxylation is 1. The van der Waals surface area contributed by atoms with Crippen molar-refractivity contribution >= 4 is 0 Å². The molecule has 0 spiro atoms. The average Bonchev–Trinajstić information content (AvgIpc) is 2.42. The Morgan fingerprint density at radius 1 is 1.47 bits per heavy atom. The normalized spacial score (nSPS) is 18.7. The molecule has 1 aromatic rings. The Hall–Kier alpha value is -1.10. The van der Waals surface area contributed by atoms with Crippen LogP contribution >= 0.6 is 0 Å². The summed E-state index contributed by atoms with van der Waals surface area (Å²) in [6.07, 6.45) is 0.927. The summed E-state index contributed by atoms with van der Waals surface area (Å²) in [5.74, 6) is 0.920. The minimum absolute atomic E-state index is 0.0995. The van der Waals surface area contributed by atoms with Crippen LogP contribution in [0.2, 0.25) is 0 Å². The molecule has 1 aliphatic rings. The number of ether oxygens (including phenoxy) is 2. The zero-order chi connectivity index (χ0) is 13.9. The average molecular weight is 265 g/mol. The highest BCUT2D eigenvalue weighted by Gasteiger charge is 2.45. The second kappa shape index (κ2) is 5.90. The summed E-state index contributed by atoms with van der Waals surface area (Å²) in [6, 6.07) is 6.33. The van der Waals surface area contributed by atoms with Gasteiger partial charge in [0.2, 0.25) is 0 Å². The Morgan fingerprint density at radius 3 is 2.63 bits per heavy atom. The fourth-order valence-electron chi connectivity index (χ4n) is 2.79. The maximum Gasteiger partial charge on any atom is 0.122 e. The van der Waals surface area contributed by atoms with Gasteiger partial charge in [-0.05, 0) is 30.7 Å². The minimum atomic E-state index is -0.200. The second-order valence-electron chi connectivity index (χ2n) is 5.16. The maximum atomic E-state index is 9.68. The molecule has 0 amide bonds. The lowest BCUT2D eigenvalue weighted by molar-refractivity contribution is -0.155. The van der Waals surface area contributed by atoms with Crippen molar-refractivity contribution in [2.24, 2.45) is 5.41 Å². The molecule has 1 aromatic carbocycles. The molecule has 0 aliphatic carbocycles. The lowest BCUT2D eigenvalue weighted by atomic mass is 9.75. The molecule has 4 heteroatoms. The van der Waals surface area contributed by atoms with Gasteiger partial charge in [-0.3, -0.25) is 0 Å². The first-order chi connectivity index (χ1) is 9.20. The van der Waals surface area contributed by atoms with Gasteiger partial charge < -0.3 is 19.9 Å². The highest BCUT2D eigenvalue weighted by molar-refractivity contribution is 5.39. The summed E-state index contributed by atoms with van der Waals surface area (Å²) in [7, 11) is 3.62. The van der Waals surface area contributed by atoms with Gasteiger partial charge in [0.25, 0.3) is 0 Å². The number of benzene rings is 1. The molecule has 1 unspecified atom stereocenters.